The Balaban J connectivity index is 2.23. The van der Waals surface area contributed by atoms with Gasteiger partial charge in [0.1, 0.15) is 5.58 Å². The molecule has 94 valence electrons. The summed E-state index contributed by atoms with van der Waals surface area (Å²) in [6, 6.07) is 5.42. The maximum atomic E-state index is 12.0. The molecule has 0 radical (unpaired) electrons. The van der Waals surface area contributed by atoms with E-state index in [4.69, 9.17) is 9.15 Å². The van der Waals surface area contributed by atoms with Crippen molar-refractivity contribution in [2.75, 3.05) is 31.2 Å². The molecular weight excluding hydrogens is 230 g/mol. The number of ether oxygens (including phenoxy) is 1. The largest absolute Gasteiger partial charge is 0.464 e. The summed E-state index contributed by atoms with van der Waals surface area (Å²) in [4.78, 5) is 14.2. The molecule has 0 amide bonds. The van der Waals surface area contributed by atoms with Crippen LogP contribution in [0.5, 0.6) is 0 Å². The van der Waals surface area contributed by atoms with Gasteiger partial charge in [0.2, 0.25) is 0 Å². The highest BCUT2D eigenvalue weighted by molar-refractivity contribution is 5.91. The van der Waals surface area contributed by atoms with Gasteiger partial charge >= 0.3 is 0 Å². The SMILES string of the molecule is Cc1cc(N2CCOCC2)c2c(=O)ccoc2c1. The van der Waals surface area contributed by atoms with E-state index in [1.54, 1.807) is 0 Å². The quantitative estimate of drug-likeness (QED) is 0.770. The van der Waals surface area contributed by atoms with Gasteiger partial charge in [0.05, 0.1) is 30.6 Å². The van der Waals surface area contributed by atoms with Gasteiger partial charge in [-0.05, 0) is 24.6 Å². The van der Waals surface area contributed by atoms with Crippen LogP contribution in [0.1, 0.15) is 5.56 Å². The zero-order valence-electron chi connectivity index (χ0n) is 10.3. The van der Waals surface area contributed by atoms with Crippen LogP contribution in [0.25, 0.3) is 11.0 Å². The number of nitrogens with zero attached hydrogens (tertiary/aromatic N) is 1. The number of benzene rings is 1. The van der Waals surface area contributed by atoms with Crippen molar-refractivity contribution in [2.24, 2.45) is 0 Å². The molecule has 4 heteroatoms. The zero-order chi connectivity index (χ0) is 12.5. The number of fused-ring (bicyclic) bond motifs is 1. The highest BCUT2D eigenvalue weighted by atomic mass is 16.5. The summed E-state index contributed by atoms with van der Waals surface area (Å²) in [6.07, 6.45) is 1.45. The van der Waals surface area contributed by atoms with E-state index in [1.807, 2.05) is 19.1 Å². The first kappa shape index (κ1) is 11.3. The summed E-state index contributed by atoms with van der Waals surface area (Å²) in [6.45, 7) is 5.04. The molecular formula is C14H15NO3. The summed E-state index contributed by atoms with van der Waals surface area (Å²) in [7, 11) is 0. The highest BCUT2D eigenvalue weighted by Gasteiger charge is 2.16. The van der Waals surface area contributed by atoms with E-state index >= 15 is 0 Å². The van der Waals surface area contributed by atoms with Gasteiger partial charge < -0.3 is 14.1 Å². The molecule has 2 aromatic rings. The smallest absolute Gasteiger partial charge is 0.194 e. The van der Waals surface area contributed by atoms with Gasteiger partial charge in [-0.1, -0.05) is 0 Å². The van der Waals surface area contributed by atoms with Crippen LogP contribution in [-0.2, 0) is 4.74 Å². The molecule has 3 rings (SSSR count). The lowest BCUT2D eigenvalue weighted by molar-refractivity contribution is 0.123. The summed E-state index contributed by atoms with van der Waals surface area (Å²) in [5.41, 5.74) is 2.72. The predicted molar refractivity (Wildman–Crippen MR) is 70.3 cm³/mol. The van der Waals surface area contributed by atoms with Crippen molar-refractivity contribution >= 4 is 16.7 Å². The highest BCUT2D eigenvalue weighted by Crippen LogP contribution is 2.26. The van der Waals surface area contributed by atoms with Gasteiger partial charge in [0, 0.05) is 19.2 Å². The summed E-state index contributed by atoms with van der Waals surface area (Å²) < 4.78 is 10.8. The number of aryl methyl sites for hydroxylation is 1. The molecule has 18 heavy (non-hydrogen) atoms. The van der Waals surface area contributed by atoms with Crippen LogP contribution in [0.15, 0.2) is 33.7 Å². The van der Waals surface area contributed by atoms with E-state index in [-0.39, 0.29) is 5.43 Å². The van der Waals surface area contributed by atoms with Crippen molar-refractivity contribution in [1.29, 1.82) is 0 Å². The van der Waals surface area contributed by atoms with Crippen LogP contribution >= 0.6 is 0 Å². The van der Waals surface area contributed by atoms with Crippen molar-refractivity contribution < 1.29 is 9.15 Å². The lowest BCUT2D eigenvalue weighted by atomic mass is 10.1. The topological polar surface area (TPSA) is 42.7 Å². The molecule has 0 aliphatic carbocycles. The van der Waals surface area contributed by atoms with E-state index in [2.05, 4.69) is 4.90 Å². The minimum absolute atomic E-state index is 0.0118. The Bertz CT molecular complexity index is 626. The first-order chi connectivity index (χ1) is 8.75. The van der Waals surface area contributed by atoms with Crippen molar-refractivity contribution in [2.45, 2.75) is 6.92 Å². The van der Waals surface area contributed by atoms with Crippen LogP contribution < -0.4 is 10.3 Å². The third-order valence-corrected chi connectivity index (χ3v) is 3.24. The second-order valence-corrected chi connectivity index (χ2v) is 4.54. The lowest BCUT2D eigenvalue weighted by Gasteiger charge is -2.29. The van der Waals surface area contributed by atoms with E-state index in [0.29, 0.717) is 24.2 Å². The Kier molecular flexibility index (Phi) is 2.80. The van der Waals surface area contributed by atoms with Gasteiger partial charge in [-0.3, -0.25) is 4.79 Å². The van der Waals surface area contributed by atoms with E-state index in [0.717, 1.165) is 24.3 Å². The second-order valence-electron chi connectivity index (χ2n) is 4.54. The number of hydrogen-bond acceptors (Lipinski definition) is 4. The summed E-state index contributed by atoms with van der Waals surface area (Å²) >= 11 is 0. The number of anilines is 1. The standard InChI is InChI=1S/C14H15NO3/c1-10-8-11(15-3-6-17-7-4-15)14-12(16)2-5-18-13(14)9-10/h2,5,8-9H,3-4,6-7H2,1H3. The fraction of sp³-hybridized carbons (Fsp3) is 0.357. The van der Waals surface area contributed by atoms with Crippen molar-refractivity contribution in [3.05, 3.63) is 40.2 Å². The van der Waals surface area contributed by atoms with Crippen LogP contribution in [0, 0.1) is 6.92 Å². The fourth-order valence-corrected chi connectivity index (χ4v) is 2.38. The van der Waals surface area contributed by atoms with Crippen LogP contribution in [0.3, 0.4) is 0 Å². The Hall–Kier alpha value is -1.81. The van der Waals surface area contributed by atoms with Crippen LogP contribution in [-0.4, -0.2) is 26.3 Å². The summed E-state index contributed by atoms with van der Waals surface area (Å²) in [5.74, 6) is 0. The molecule has 2 heterocycles. The molecule has 0 unspecified atom stereocenters. The molecule has 0 spiro atoms. The first-order valence-electron chi connectivity index (χ1n) is 6.10. The van der Waals surface area contributed by atoms with Gasteiger partial charge in [-0.2, -0.15) is 0 Å². The fourth-order valence-electron chi connectivity index (χ4n) is 2.38. The maximum absolute atomic E-state index is 12.0. The van der Waals surface area contributed by atoms with E-state index < -0.39 is 0 Å². The minimum atomic E-state index is 0.0118. The second kappa shape index (κ2) is 4.46. The molecule has 1 saturated heterocycles. The molecule has 1 fully saturated rings. The van der Waals surface area contributed by atoms with Crippen molar-refractivity contribution in [3.63, 3.8) is 0 Å². The predicted octanol–water partition coefficient (Wildman–Crippen LogP) is 1.94. The van der Waals surface area contributed by atoms with Crippen molar-refractivity contribution in [3.8, 4) is 0 Å². The van der Waals surface area contributed by atoms with E-state index in [9.17, 15) is 4.79 Å². The normalized spacial score (nSPS) is 16.2. The Morgan fingerprint density at radius 3 is 2.78 bits per heavy atom. The molecule has 0 N–H and O–H groups in total. The number of morpholine rings is 1. The minimum Gasteiger partial charge on any atom is -0.464 e. The Morgan fingerprint density at radius 1 is 1.22 bits per heavy atom. The third kappa shape index (κ3) is 1.88. The lowest BCUT2D eigenvalue weighted by Crippen LogP contribution is -2.36. The van der Waals surface area contributed by atoms with Gasteiger partial charge in [-0.25, -0.2) is 0 Å². The molecule has 4 nitrogen and oxygen atoms in total. The molecule has 1 aliphatic rings. The molecule has 1 aromatic carbocycles. The number of hydrogen-bond donors (Lipinski definition) is 0. The number of rotatable bonds is 1. The first-order valence-corrected chi connectivity index (χ1v) is 6.10. The van der Waals surface area contributed by atoms with Gasteiger partial charge in [-0.15, -0.1) is 0 Å². The third-order valence-electron chi connectivity index (χ3n) is 3.24. The van der Waals surface area contributed by atoms with E-state index in [1.165, 1.54) is 12.3 Å². The molecule has 0 saturated carbocycles. The molecule has 1 aliphatic heterocycles. The molecule has 1 aromatic heterocycles. The molecule has 0 atom stereocenters. The Labute approximate surface area is 105 Å². The average Bonchev–Trinajstić information content (AvgIpc) is 2.39. The monoisotopic (exact) mass is 245 g/mol. The van der Waals surface area contributed by atoms with Gasteiger partial charge in [0.15, 0.2) is 5.43 Å². The zero-order valence-corrected chi connectivity index (χ0v) is 10.3. The average molecular weight is 245 g/mol. The van der Waals surface area contributed by atoms with Crippen LogP contribution in [0.2, 0.25) is 0 Å². The maximum Gasteiger partial charge on any atom is 0.194 e. The Morgan fingerprint density at radius 2 is 2.00 bits per heavy atom. The van der Waals surface area contributed by atoms with Crippen molar-refractivity contribution in [1.82, 2.24) is 0 Å². The summed E-state index contributed by atoms with van der Waals surface area (Å²) in [5, 5.41) is 0.671. The van der Waals surface area contributed by atoms with Gasteiger partial charge in [0.25, 0.3) is 0 Å². The van der Waals surface area contributed by atoms with Crippen LogP contribution in [0.4, 0.5) is 5.69 Å². The molecule has 0 bridgehead atoms.